The molecule has 1 aromatic heterocycles. The van der Waals surface area contributed by atoms with Crippen LogP contribution in [0.5, 0.6) is 6.01 Å². The Morgan fingerprint density at radius 1 is 0.879 bits per heavy atom. The van der Waals surface area contributed by atoms with E-state index < -0.39 is 30.2 Å². The number of aromatic nitrogens is 3. The average Bonchev–Trinajstić information content (AvgIpc) is 3.23. The van der Waals surface area contributed by atoms with Gasteiger partial charge in [0.15, 0.2) is 17.8 Å². The molecule has 0 saturated carbocycles. The summed E-state index contributed by atoms with van der Waals surface area (Å²) in [6.07, 6.45) is 0.175. The number of Topliss-reactive ketones (excluding diaryl/α,β-unsaturated/α-hetero) is 1. The molecule has 0 spiro atoms. The number of nitro groups is 1. The molecule has 8 nitrogen and oxygen atoms in total. The minimum atomic E-state index is -2.53. The number of carbonyl (C=O) groups is 1. The molecule has 1 atom stereocenters. The average molecular weight is 460 g/mol. The molecule has 0 aliphatic heterocycles. The van der Waals surface area contributed by atoms with E-state index in [9.17, 15) is 20.0 Å². The molecule has 0 bridgehead atoms. The van der Waals surface area contributed by atoms with Crippen LogP contribution in [-0.4, -0.2) is 31.6 Å². The van der Waals surface area contributed by atoms with Gasteiger partial charge in [0, 0.05) is 0 Å². The van der Waals surface area contributed by atoms with E-state index in [2.05, 4.69) is 10.2 Å². The molecule has 1 heterocycles. The Morgan fingerprint density at radius 3 is 1.67 bits per heavy atom. The van der Waals surface area contributed by atoms with E-state index in [1.165, 1.54) is 6.92 Å². The van der Waals surface area contributed by atoms with Crippen LogP contribution in [0.2, 0.25) is 0 Å². The van der Waals surface area contributed by atoms with Gasteiger partial charge in [0.05, 0.1) is 5.10 Å². The third-order valence-electron chi connectivity index (χ3n) is 5.63. The summed E-state index contributed by atoms with van der Waals surface area (Å²) < 4.78 is 0.825. The molecule has 4 rings (SSSR count). The normalized spacial score (nSPS) is 12.3. The molecule has 0 amide bonds. The fourth-order valence-corrected chi connectivity index (χ4v) is 8.64. The van der Waals surface area contributed by atoms with Gasteiger partial charge in [-0.25, -0.2) is 4.57 Å². The summed E-state index contributed by atoms with van der Waals surface area (Å²) in [7, 11) is -2.53. The van der Waals surface area contributed by atoms with Crippen molar-refractivity contribution in [1.82, 2.24) is 14.8 Å². The molecule has 0 radical (unpaired) electrons. The quantitative estimate of drug-likeness (QED) is 0.227. The van der Waals surface area contributed by atoms with Gasteiger partial charge in [0.25, 0.3) is 0 Å². The highest BCUT2D eigenvalue weighted by atomic mass is 31.2. The van der Waals surface area contributed by atoms with Gasteiger partial charge in [-0.2, -0.15) is 0 Å². The minimum absolute atomic E-state index is 0.175. The lowest BCUT2D eigenvalue weighted by Crippen LogP contribution is -2.38. The van der Waals surface area contributed by atoms with E-state index >= 15 is 0 Å². The molecule has 0 saturated heterocycles. The maximum atomic E-state index is 12.9. The number of rotatable bonds is 8. The van der Waals surface area contributed by atoms with Crippen LogP contribution in [0.1, 0.15) is 13.0 Å². The van der Waals surface area contributed by atoms with Gasteiger partial charge in [-0.15, -0.1) is 0 Å². The van der Waals surface area contributed by atoms with Crippen molar-refractivity contribution in [3.05, 3.63) is 101 Å². The van der Waals surface area contributed by atoms with Gasteiger partial charge in [0.1, 0.15) is 29.3 Å². The molecular formula is C24H21N4O4P. The van der Waals surface area contributed by atoms with Crippen molar-refractivity contribution in [2.75, 3.05) is 6.16 Å². The van der Waals surface area contributed by atoms with E-state index in [0.29, 0.717) is 0 Å². The first-order valence-corrected chi connectivity index (χ1v) is 12.2. The monoisotopic (exact) mass is 460 g/mol. The van der Waals surface area contributed by atoms with Crippen LogP contribution in [-0.2, 0) is 4.79 Å². The molecule has 1 unspecified atom stereocenters. The van der Waals surface area contributed by atoms with Gasteiger partial charge >= 0.3 is 5.95 Å². The van der Waals surface area contributed by atoms with Crippen LogP contribution in [0.4, 0.5) is 5.95 Å². The van der Waals surface area contributed by atoms with Crippen LogP contribution in [0.3, 0.4) is 0 Å². The summed E-state index contributed by atoms with van der Waals surface area (Å²) in [6, 6.07) is 27.3. The molecule has 9 heteroatoms. The maximum absolute atomic E-state index is 12.9. The zero-order chi connectivity index (χ0) is 23.4. The Bertz CT molecular complexity index is 1170. The lowest BCUT2D eigenvalue weighted by molar-refractivity contribution is -0.398. The molecule has 166 valence electrons. The Labute approximate surface area is 191 Å². The number of hydrogen-bond acceptors (Lipinski definition) is 6. The van der Waals surface area contributed by atoms with Crippen molar-refractivity contribution in [3.8, 4) is 6.01 Å². The highest BCUT2D eigenvalue weighted by molar-refractivity contribution is 7.95. The standard InChI is InChI=1S/C24H21N4O4P/c1-18(29)22(27-23(28(31)32)25-26-24(27)30)17-33(19-11-5-2-6-12-19,20-13-7-3-8-14-20)21-15-9-4-10-16-21/h2-16,22H,17H2,1H3. The summed E-state index contributed by atoms with van der Waals surface area (Å²) in [5.74, 6) is -1.10. The summed E-state index contributed by atoms with van der Waals surface area (Å²) in [5.41, 5.74) is 0. The van der Waals surface area contributed by atoms with Crippen LogP contribution in [0, 0.1) is 10.1 Å². The lowest BCUT2D eigenvalue weighted by atomic mass is 10.2. The SMILES string of the molecule is CC(=O)C(C[P+](c1ccccc1)(c1ccccc1)c1ccccc1)n1c([O-])nnc1[N+](=O)[O-]. The molecule has 0 aliphatic carbocycles. The Kier molecular flexibility index (Phi) is 6.29. The second-order valence-corrected chi connectivity index (χ2v) is 11.1. The van der Waals surface area contributed by atoms with Crippen molar-refractivity contribution < 1.29 is 14.8 Å². The predicted molar refractivity (Wildman–Crippen MR) is 126 cm³/mol. The topological polar surface area (TPSA) is 114 Å². The highest BCUT2D eigenvalue weighted by Gasteiger charge is 2.50. The van der Waals surface area contributed by atoms with E-state index in [1.54, 1.807) is 0 Å². The number of benzene rings is 3. The Morgan fingerprint density at radius 2 is 1.30 bits per heavy atom. The van der Waals surface area contributed by atoms with E-state index in [1.807, 2.05) is 91.0 Å². The van der Waals surface area contributed by atoms with Crippen molar-refractivity contribution >= 4 is 34.9 Å². The van der Waals surface area contributed by atoms with Crippen molar-refractivity contribution in [2.24, 2.45) is 0 Å². The van der Waals surface area contributed by atoms with E-state index in [-0.39, 0.29) is 11.9 Å². The fourth-order valence-electron chi connectivity index (χ4n) is 4.13. The smallest absolute Gasteiger partial charge is 0.458 e. The van der Waals surface area contributed by atoms with E-state index in [4.69, 9.17) is 0 Å². The van der Waals surface area contributed by atoms with Crippen molar-refractivity contribution in [3.63, 3.8) is 0 Å². The first-order chi connectivity index (χ1) is 15.9. The van der Waals surface area contributed by atoms with Crippen LogP contribution in [0.15, 0.2) is 91.0 Å². The van der Waals surface area contributed by atoms with Crippen LogP contribution >= 0.6 is 7.26 Å². The number of hydrogen-bond donors (Lipinski definition) is 0. The molecule has 4 aromatic rings. The van der Waals surface area contributed by atoms with Gasteiger partial charge in [-0.05, 0) is 48.2 Å². The third-order valence-corrected chi connectivity index (χ3v) is 10.1. The second-order valence-electron chi connectivity index (χ2n) is 7.54. The van der Waals surface area contributed by atoms with Gasteiger partial charge < -0.3 is 15.2 Å². The van der Waals surface area contributed by atoms with Gasteiger partial charge in [-0.1, -0.05) is 59.7 Å². The molecule has 0 N–H and O–H groups in total. The molecular weight excluding hydrogens is 439 g/mol. The van der Waals surface area contributed by atoms with Crippen molar-refractivity contribution in [2.45, 2.75) is 13.0 Å². The van der Waals surface area contributed by atoms with Gasteiger partial charge in [0.2, 0.25) is 0 Å². The summed E-state index contributed by atoms with van der Waals surface area (Å²) >= 11 is 0. The second kappa shape index (κ2) is 9.30. The minimum Gasteiger partial charge on any atom is -0.831 e. The zero-order valence-electron chi connectivity index (χ0n) is 17.8. The number of nitrogens with zero attached hydrogens (tertiary/aromatic N) is 4. The number of ketones is 1. The lowest BCUT2D eigenvalue weighted by Gasteiger charge is -2.30. The summed E-state index contributed by atoms with van der Waals surface area (Å²) in [4.78, 5) is 23.7. The molecule has 3 aromatic carbocycles. The zero-order valence-corrected chi connectivity index (χ0v) is 18.7. The Hall–Kier alpha value is -3.90. The van der Waals surface area contributed by atoms with E-state index in [0.717, 1.165) is 20.5 Å². The molecule has 0 aliphatic rings. The first-order valence-electron chi connectivity index (χ1n) is 10.3. The fraction of sp³-hybridized carbons (Fsp3) is 0.125. The third kappa shape index (κ3) is 4.13. The summed E-state index contributed by atoms with van der Waals surface area (Å²) in [5, 5.41) is 33.9. The largest absolute Gasteiger partial charge is 0.831 e. The highest BCUT2D eigenvalue weighted by Crippen LogP contribution is 2.57. The van der Waals surface area contributed by atoms with Crippen LogP contribution in [0.25, 0.3) is 0 Å². The number of carbonyl (C=O) groups excluding carboxylic acids is 1. The van der Waals surface area contributed by atoms with Gasteiger partial charge in [-0.3, -0.25) is 4.79 Å². The van der Waals surface area contributed by atoms with Crippen LogP contribution < -0.4 is 21.0 Å². The summed E-state index contributed by atoms with van der Waals surface area (Å²) in [6.45, 7) is 1.34. The molecule has 0 fully saturated rings. The first kappa shape index (κ1) is 22.3. The maximum Gasteiger partial charge on any atom is 0.458 e. The molecule has 33 heavy (non-hydrogen) atoms. The Balaban J connectivity index is 2.02. The predicted octanol–water partition coefficient (Wildman–Crippen LogP) is 2.38. The van der Waals surface area contributed by atoms with Crippen molar-refractivity contribution in [1.29, 1.82) is 0 Å².